The fraction of sp³-hybridized carbons (Fsp3) is 0.480. The first-order valence-corrected chi connectivity index (χ1v) is 11.4. The highest BCUT2D eigenvalue weighted by Gasteiger charge is 2.31. The molecule has 8 heteroatoms. The largest absolute Gasteiger partial charge is 0.489 e. The number of anilines is 2. The minimum Gasteiger partial charge on any atom is -0.489 e. The molecule has 1 fully saturated rings. The second-order valence-electron chi connectivity index (χ2n) is 9.54. The van der Waals surface area contributed by atoms with Crippen molar-refractivity contribution in [1.82, 2.24) is 19.4 Å². The standard InChI is InChI=1S/C25H33N5O3/c1-7-17-12-18(32-19-10-11-30(15-19)24(31)33-25(2,3)4)8-9-21(17)29(6)23-13-22-20(14-26-23)27-16-28(22)5/h8-9,12-14,16,19H,7,10-11,15H2,1-6H3. The molecule has 1 unspecified atom stereocenters. The summed E-state index contributed by atoms with van der Waals surface area (Å²) in [6, 6.07) is 8.20. The number of benzene rings is 1. The second kappa shape index (κ2) is 8.92. The molecule has 1 aromatic carbocycles. The van der Waals surface area contributed by atoms with Crippen molar-refractivity contribution in [2.45, 2.75) is 52.2 Å². The molecule has 0 radical (unpaired) electrons. The quantitative estimate of drug-likeness (QED) is 0.561. The van der Waals surface area contributed by atoms with E-state index in [1.54, 1.807) is 17.4 Å². The van der Waals surface area contributed by atoms with E-state index in [0.29, 0.717) is 13.1 Å². The van der Waals surface area contributed by atoms with Gasteiger partial charge in [-0.2, -0.15) is 0 Å². The van der Waals surface area contributed by atoms with E-state index < -0.39 is 5.60 Å². The third kappa shape index (κ3) is 5.05. The summed E-state index contributed by atoms with van der Waals surface area (Å²) in [6.07, 6.45) is 4.93. The summed E-state index contributed by atoms with van der Waals surface area (Å²) >= 11 is 0. The van der Waals surface area contributed by atoms with Crippen LogP contribution in [0, 0.1) is 0 Å². The van der Waals surface area contributed by atoms with Gasteiger partial charge in [0.2, 0.25) is 0 Å². The lowest BCUT2D eigenvalue weighted by Crippen LogP contribution is -2.36. The molecule has 0 N–H and O–H groups in total. The van der Waals surface area contributed by atoms with Crippen LogP contribution in [-0.4, -0.2) is 57.4 Å². The molecule has 176 valence electrons. The van der Waals surface area contributed by atoms with Gasteiger partial charge in [-0.05, 0) is 51.0 Å². The molecule has 1 aliphatic rings. The van der Waals surface area contributed by atoms with Crippen LogP contribution in [-0.2, 0) is 18.2 Å². The molecule has 0 aliphatic carbocycles. The molecule has 0 bridgehead atoms. The van der Waals surface area contributed by atoms with Crippen LogP contribution in [0.15, 0.2) is 36.8 Å². The smallest absolute Gasteiger partial charge is 0.410 e. The number of rotatable bonds is 5. The van der Waals surface area contributed by atoms with E-state index in [-0.39, 0.29) is 12.2 Å². The Bertz CT molecular complexity index is 1150. The van der Waals surface area contributed by atoms with Gasteiger partial charge in [0.05, 0.1) is 24.6 Å². The first-order chi connectivity index (χ1) is 15.6. The average molecular weight is 452 g/mol. The van der Waals surface area contributed by atoms with E-state index in [4.69, 9.17) is 9.47 Å². The number of carbonyl (C=O) groups excluding carboxylic acids is 1. The minimum atomic E-state index is -0.496. The number of aromatic nitrogens is 3. The van der Waals surface area contributed by atoms with Crippen molar-refractivity contribution in [2.75, 3.05) is 25.0 Å². The van der Waals surface area contributed by atoms with Gasteiger partial charge in [-0.1, -0.05) is 6.92 Å². The molecule has 3 aromatic rings. The molecule has 1 amide bonds. The van der Waals surface area contributed by atoms with Gasteiger partial charge in [0.25, 0.3) is 0 Å². The molecule has 1 saturated heterocycles. The first-order valence-electron chi connectivity index (χ1n) is 11.4. The number of imidazole rings is 1. The Balaban J connectivity index is 1.46. The SMILES string of the molecule is CCc1cc(OC2CCN(C(=O)OC(C)(C)C)C2)ccc1N(C)c1cc2c(cn1)ncn2C. The summed E-state index contributed by atoms with van der Waals surface area (Å²) in [4.78, 5) is 25.1. The Labute approximate surface area is 195 Å². The topological polar surface area (TPSA) is 72.7 Å². The summed E-state index contributed by atoms with van der Waals surface area (Å²) in [5, 5.41) is 0. The van der Waals surface area contributed by atoms with Crippen LogP contribution >= 0.6 is 0 Å². The van der Waals surface area contributed by atoms with Crippen LogP contribution in [0.25, 0.3) is 11.0 Å². The van der Waals surface area contributed by atoms with Crippen molar-refractivity contribution in [1.29, 1.82) is 0 Å². The molecular weight excluding hydrogens is 418 g/mol. The number of fused-ring (bicyclic) bond motifs is 1. The van der Waals surface area contributed by atoms with Gasteiger partial charge >= 0.3 is 6.09 Å². The maximum Gasteiger partial charge on any atom is 0.410 e. The van der Waals surface area contributed by atoms with Gasteiger partial charge in [0.1, 0.15) is 28.8 Å². The fourth-order valence-electron chi connectivity index (χ4n) is 4.08. The van der Waals surface area contributed by atoms with Gasteiger partial charge in [-0.3, -0.25) is 0 Å². The predicted molar refractivity (Wildman–Crippen MR) is 129 cm³/mol. The van der Waals surface area contributed by atoms with Crippen molar-refractivity contribution in [3.8, 4) is 5.75 Å². The summed E-state index contributed by atoms with van der Waals surface area (Å²) in [7, 11) is 4.00. The number of amides is 1. The van der Waals surface area contributed by atoms with Crippen LogP contribution in [0.3, 0.4) is 0 Å². The van der Waals surface area contributed by atoms with Crippen molar-refractivity contribution in [2.24, 2.45) is 7.05 Å². The lowest BCUT2D eigenvalue weighted by molar-refractivity contribution is 0.0275. The molecule has 4 rings (SSSR count). The van der Waals surface area contributed by atoms with Crippen molar-refractivity contribution >= 4 is 28.6 Å². The molecule has 3 heterocycles. The van der Waals surface area contributed by atoms with Crippen LogP contribution in [0.4, 0.5) is 16.3 Å². The molecule has 8 nitrogen and oxygen atoms in total. The van der Waals surface area contributed by atoms with Gasteiger partial charge in [-0.15, -0.1) is 0 Å². The summed E-state index contributed by atoms with van der Waals surface area (Å²) in [5.41, 5.74) is 3.68. The lowest BCUT2D eigenvalue weighted by Gasteiger charge is -2.24. The Hall–Kier alpha value is -3.29. The third-order valence-electron chi connectivity index (χ3n) is 5.83. The lowest BCUT2D eigenvalue weighted by atomic mass is 10.1. The number of carbonyl (C=O) groups is 1. The van der Waals surface area contributed by atoms with Gasteiger partial charge in [-0.25, -0.2) is 14.8 Å². The highest BCUT2D eigenvalue weighted by Crippen LogP contribution is 2.31. The van der Waals surface area contributed by atoms with Crippen molar-refractivity contribution < 1.29 is 14.3 Å². The normalized spacial score (nSPS) is 16.3. The number of hydrogen-bond acceptors (Lipinski definition) is 6. The summed E-state index contributed by atoms with van der Waals surface area (Å²) in [6.45, 7) is 8.95. The molecule has 2 aromatic heterocycles. The molecule has 33 heavy (non-hydrogen) atoms. The van der Waals surface area contributed by atoms with Crippen molar-refractivity contribution in [3.63, 3.8) is 0 Å². The predicted octanol–water partition coefficient (Wildman–Crippen LogP) is 4.69. The zero-order chi connectivity index (χ0) is 23.8. The average Bonchev–Trinajstić information content (AvgIpc) is 3.38. The molecule has 0 spiro atoms. The molecule has 1 aliphatic heterocycles. The Morgan fingerprint density at radius 2 is 2.03 bits per heavy atom. The number of likely N-dealkylation sites (tertiary alicyclic amines) is 1. The Kier molecular flexibility index (Phi) is 6.19. The van der Waals surface area contributed by atoms with E-state index in [1.807, 2.05) is 45.5 Å². The fourth-order valence-corrected chi connectivity index (χ4v) is 4.08. The van der Waals surface area contributed by atoms with E-state index >= 15 is 0 Å². The first kappa shape index (κ1) is 22.9. The van der Waals surface area contributed by atoms with E-state index in [9.17, 15) is 4.79 Å². The maximum atomic E-state index is 12.3. The number of ether oxygens (including phenoxy) is 2. The third-order valence-corrected chi connectivity index (χ3v) is 5.83. The minimum absolute atomic E-state index is 0.0419. The van der Waals surface area contributed by atoms with E-state index in [1.165, 1.54) is 5.56 Å². The number of pyridine rings is 1. The monoisotopic (exact) mass is 451 g/mol. The summed E-state index contributed by atoms with van der Waals surface area (Å²) < 4.78 is 13.7. The van der Waals surface area contributed by atoms with Crippen LogP contribution in [0.1, 0.15) is 39.7 Å². The van der Waals surface area contributed by atoms with Crippen LogP contribution in [0.2, 0.25) is 0 Å². The Morgan fingerprint density at radius 1 is 1.24 bits per heavy atom. The molecule has 1 atom stereocenters. The Morgan fingerprint density at radius 3 is 2.76 bits per heavy atom. The number of aryl methyl sites for hydroxylation is 2. The van der Waals surface area contributed by atoms with E-state index in [2.05, 4.69) is 40.0 Å². The second-order valence-corrected chi connectivity index (χ2v) is 9.54. The number of hydrogen-bond donors (Lipinski definition) is 0. The number of nitrogens with zero attached hydrogens (tertiary/aromatic N) is 5. The van der Waals surface area contributed by atoms with Gasteiger partial charge in [0.15, 0.2) is 0 Å². The molecule has 0 saturated carbocycles. The van der Waals surface area contributed by atoms with Crippen LogP contribution < -0.4 is 9.64 Å². The molecular formula is C25H33N5O3. The van der Waals surface area contributed by atoms with Gasteiger partial charge < -0.3 is 23.8 Å². The van der Waals surface area contributed by atoms with Gasteiger partial charge in [0, 0.05) is 38.8 Å². The van der Waals surface area contributed by atoms with Crippen molar-refractivity contribution in [3.05, 3.63) is 42.4 Å². The highest BCUT2D eigenvalue weighted by molar-refractivity contribution is 5.79. The van der Waals surface area contributed by atoms with Crippen LogP contribution in [0.5, 0.6) is 5.75 Å². The van der Waals surface area contributed by atoms with E-state index in [0.717, 1.165) is 41.1 Å². The zero-order valence-electron chi connectivity index (χ0n) is 20.3. The zero-order valence-corrected chi connectivity index (χ0v) is 20.3. The highest BCUT2D eigenvalue weighted by atomic mass is 16.6. The summed E-state index contributed by atoms with van der Waals surface area (Å²) in [5.74, 6) is 1.67. The maximum absolute atomic E-state index is 12.3.